The first kappa shape index (κ1) is 19.4. The Morgan fingerprint density at radius 2 is 2.19 bits per heavy atom. The van der Waals surface area contributed by atoms with E-state index in [1.54, 1.807) is 15.8 Å². The molecular weight excluding hydrogens is 408 g/mol. The predicted molar refractivity (Wildman–Crippen MR) is 111 cm³/mol. The van der Waals surface area contributed by atoms with Crippen molar-refractivity contribution in [1.82, 2.24) is 20.0 Å². The number of anilines is 1. The molecule has 0 atom stereocenters. The third kappa shape index (κ3) is 4.68. The van der Waals surface area contributed by atoms with E-state index < -0.39 is 0 Å². The van der Waals surface area contributed by atoms with Gasteiger partial charge in [0.25, 0.3) is 0 Å². The standard InChI is InChI=1S/C19H25BrN6O/c1-4-21-19(22-10-15-5-6-16(20)9-14(15)2)25-7-8-26(18(27)13-25)17-11-23-24(3)12-17/h5-6,9,11-12H,4,7-8,10,13H2,1-3H3,(H,21,22). The number of hydrogen-bond donors (Lipinski definition) is 1. The number of aliphatic imine (C=N–C) groups is 1. The highest BCUT2D eigenvalue weighted by Gasteiger charge is 2.27. The Bertz CT molecular complexity index is 846. The molecule has 1 saturated heterocycles. The number of piperazine rings is 1. The van der Waals surface area contributed by atoms with Gasteiger partial charge >= 0.3 is 0 Å². The number of guanidine groups is 1. The van der Waals surface area contributed by atoms with Gasteiger partial charge < -0.3 is 15.1 Å². The average Bonchev–Trinajstić information content (AvgIpc) is 3.06. The fourth-order valence-electron chi connectivity index (χ4n) is 3.10. The molecule has 3 rings (SSSR count). The number of carbonyl (C=O) groups is 1. The maximum atomic E-state index is 12.6. The second kappa shape index (κ2) is 8.56. The summed E-state index contributed by atoms with van der Waals surface area (Å²) in [6, 6.07) is 6.20. The maximum absolute atomic E-state index is 12.6. The maximum Gasteiger partial charge on any atom is 0.246 e. The number of nitrogens with one attached hydrogen (secondary N) is 1. The second-order valence-corrected chi connectivity index (χ2v) is 7.50. The zero-order valence-corrected chi connectivity index (χ0v) is 17.5. The number of benzene rings is 1. The molecule has 2 aromatic rings. The predicted octanol–water partition coefficient (Wildman–Crippen LogP) is 2.31. The van der Waals surface area contributed by atoms with Crippen LogP contribution in [0, 0.1) is 6.92 Å². The molecule has 144 valence electrons. The highest BCUT2D eigenvalue weighted by Crippen LogP contribution is 2.18. The molecule has 0 unspecified atom stereocenters. The van der Waals surface area contributed by atoms with E-state index in [2.05, 4.69) is 45.4 Å². The third-order valence-electron chi connectivity index (χ3n) is 4.56. The number of aryl methyl sites for hydroxylation is 2. The number of carbonyl (C=O) groups excluding carboxylic acids is 1. The molecule has 0 saturated carbocycles. The van der Waals surface area contributed by atoms with Gasteiger partial charge in [0, 0.05) is 37.4 Å². The molecule has 0 radical (unpaired) electrons. The fraction of sp³-hybridized carbons (Fsp3) is 0.421. The van der Waals surface area contributed by atoms with Gasteiger partial charge in [0.05, 0.1) is 18.4 Å². The van der Waals surface area contributed by atoms with Crippen LogP contribution in [0.25, 0.3) is 0 Å². The Labute approximate surface area is 168 Å². The topological polar surface area (TPSA) is 65.8 Å². The van der Waals surface area contributed by atoms with E-state index >= 15 is 0 Å². The van der Waals surface area contributed by atoms with Gasteiger partial charge in [-0.1, -0.05) is 22.0 Å². The fourth-order valence-corrected chi connectivity index (χ4v) is 3.57. The lowest BCUT2D eigenvalue weighted by Gasteiger charge is -2.35. The molecular formula is C19H25BrN6O. The summed E-state index contributed by atoms with van der Waals surface area (Å²) in [5.74, 6) is 0.832. The van der Waals surface area contributed by atoms with Crippen LogP contribution in [-0.4, -0.2) is 52.7 Å². The number of halogens is 1. The van der Waals surface area contributed by atoms with Crippen molar-refractivity contribution in [3.05, 3.63) is 46.2 Å². The molecule has 1 aliphatic heterocycles. The Balaban J connectivity index is 1.71. The monoisotopic (exact) mass is 432 g/mol. The summed E-state index contributed by atoms with van der Waals surface area (Å²) >= 11 is 3.49. The first-order valence-corrected chi connectivity index (χ1v) is 9.84. The van der Waals surface area contributed by atoms with Crippen molar-refractivity contribution < 1.29 is 4.79 Å². The average molecular weight is 433 g/mol. The minimum atomic E-state index is 0.0553. The van der Waals surface area contributed by atoms with Crippen molar-refractivity contribution in [2.45, 2.75) is 20.4 Å². The highest BCUT2D eigenvalue weighted by molar-refractivity contribution is 9.10. The van der Waals surface area contributed by atoms with Crippen LogP contribution in [0.3, 0.4) is 0 Å². The summed E-state index contributed by atoms with van der Waals surface area (Å²) in [7, 11) is 1.85. The zero-order chi connectivity index (χ0) is 19.4. The van der Waals surface area contributed by atoms with Gasteiger partial charge in [-0.15, -0.1) is 0 Å². The summed E-state index contributed by atoms with van der Waals surface area (Å²) in [6.45, 7) is 7.11. The van der Waals surface area contributed by atoms with E-state index in [-0.39, 0.29) is 5.91 Å². The van der Waals surface area contributed by atoms with E-state index in [1.165, 1.54) is 11.1 Å². The molecule has 27 heavy (non-hydrogen) atoms. The Morgan fingerprint density at radius 1 is 1.37 bits per heavy atom. The lowest BCUT2D eigenvalue weighted by Crippen LogP contribution is -2.55. The van der Waals surface area contributed by atoms with Crippen molar-refractivity contribution in [1.29, 1.82) is 0 Å². The number of nitrogens with zero attached hydrogens (tertiary/aromatic N) is 5. The summed E-state index contributed by atoms with van der Waals surface area (Å²) in [6.07, 6.45) is 3.59. The van der Waals surface area contributed by atoms with E-state index in [1.807, 2.05) is 31.1 Å². The molecule has 1 aromatic carbocycles. The van der Waals surface area contributed by atoms with Gasteiger partial charge in [-0.05, 0) is 37.1 Å². The minimum Gasteiger partial charge on any atom is -0.356 e. The number of aromatic nitrogens is 2. The van der Waals surface area contributed by atoms with Crippen LogP contribution in [0.5, 0.6) is 0 Å². The van der Waals surface area contributed by atoms with Gasteiger partial charge in [-0.3, -0.25) is 9.48 Å². The molecule has 1 aliphatic rings. The van der Waals surface area contributed by atoms with Crippen LogP contribution < -0.4 is 10.2 Å². The van der Waals surface area contributed by atoms with Gasteiger partial charge in [0.2, 0.25) is 5.91 Å². The molecule has 0 spiro atoms. The van der Waals surface area contributed by atoms with Crippen molar-refractivity contribution in [3.63, 3.8) is 0 Å². The molecule has 8 heteroatoms. The van der Waals surface area contributed by atoms with E-state index in [0.717, 1.165) is 29.2 Å². The number of hydrogen-bond acceptors (Lipinski definition) is 3. The van der Waals surface area contributed by atoms with E-state index in [9.17, 15) is 4.79 Å². The molecule has 1 amide bonds. The molecule has 1 fully saturated rings. The van der Waals surface area contributed by atoms with Crippen LogP contribution in [0.15, 0.2) is 40.1 Å². The molecule has 2 heterocycles. The van der Waals surface area contributed by atoms with Crippen LogP contribution in [0.4, 0.5) is 5.69 Å². The first-order valence-electron chi connectivity index (χ1n) is 9.05. The summed E-state index contributed by atoms with van der Waals surface area (Å²) in [4.78, 5) is 21.2. The Kier molecular flexibility index (Phi) is 6.15. The second-order valence-electron chi connectivity index (χ2n) is 6.58. The molecule has 0 bridgehead atoms. The highest BCUT2D eigenvalue weighted by atomic mass is 79.9. The minimum absolute atomic E-state index is 0.0553. The Morgan fingerprint density at radius 3 is 2.81 bits per heavy atom. The summed E-state index contributed by atoms with van der Waals surface area (Å²) in [5.41, 5.74) is 3.21. The van der Waals surface area contributed by atoms with Gasteiger partial charge in [0.1, 0.15) is 6.54 Å². The van der Waals surface area contributed by atoms with Crippen LogP contribution in [0.1, 0.15) is 18.1 Å². The number of amides is 1. The smallest absolute Gasteiger partial charge is 0.246 e. The Hall–Kier alpha value is -2.35. The molecule has 7 nitrogen and oxygen atoms in total. The van der Waals surface area contributed by atoms with Crippen LogP contribution in [0.2, 0.25) is 0 Å². The van der Waals surface area contributed by atoms with Crippen molar-refractivity contribution in [2.75, 3.05) is 31.1 Å². The molecule has 1 aromatic heterocycles. The van der Waals surface area contributed by atoms with Gasteiger partial charge in [0.15, 0.2) is 5.96 Å². The van der Waals surface area contributed by atoms with Crippen molar-refractivity contribution in [2.24, 2.45) is 12.0 Å². The SMILES string of the molecule is CCNC(=NCc1ccc(Br)cc1C)N1CCN(c2cnn(C)c2)C(=O)C1. The quantitative estimate of drug-likeness (QED) is 0.594. The van der Waals surface area contributed by atoms with Crippen molar-refractivity contribution >= 4 is 33.5 Å². The van der Waals surface area contributed by atoms with E-state index in [4.69, 9.17) is 4.99 Å². The number of rotatable bonds is 4. The summed E-state index contributed by atoms with van der Waals surface area (Å²) < 4.78 is 2.78. The third-order valence-corrected chi connectivity index (χ3v) is 5.06. The van der Waals surface area contributed by atoms with Crippen LogP contribution in [-0.2, 0) is 18.4 Å². The summed E-state index contributed by atoms with van der Waals surface area (Å²) in [5, 5.41) is 7.47. The van der Waals surface area contributed by atoms with Gasteiger partial charge in [-0.25, -0.2) is 4.99 Å². The van der Waals surface area contributed by atoms with Crippen molar-refractivity contribution in [3.8, 4) is 0 Å². The normalized spacial score (nSPS) is 15.4. The molecule has 1 N–H and O–H groups in total. The van der Waals surface area contributed by atoms with E-state index in [0.29, 0.717) is 19.6 Å². The largest absolute Gasteiger partial charge is 0.356 e. The molecule has 0 aliphatic carbocycles. The zero-order valence-electron chi connectivity index (χ0n) is 15.9. The lowest BCUT2D eigenvalue weighted by atomic mass is 10.1. The van der Waals surface area contributed by atoms with Crippen LogP contribution >= 0.6 is 15.9 Å². The lowest BCUT2D eigenvalue weighted by molar-refractivity contribution is -0.120. The first-order chi connectivity index (χ1) is 13.0. The van der Waals surface area contributed by atoms with Gasteiger partial charge in [-0.2, -0.15) is 5.10 Å².